The van der Waals surface area contributed by atoms with Crippen LogP contribution < -0.4 is 22.1 Å². The lowest BCUT2D eigenvalue weighted by Crippen LogP contribution is -2.32. The molecule has 10 heteroatoms. The first-order chi connectivity index (χ1) is 13.0. The summed E-state index contributed by atoms with van der Waals surface area (Å²) in [5.41, 5.74) is 13.6. The fourth-order valence-electron chi connectivity index (χ4n) is 3.18. The molecule has 4 rings (SSSR count). The number of guanidine groups is 1. The van der Waals surface area contributed by atoms with Gasteiger partial charge in [-0.25, -0.2) is 14.4 Å². The van der Waals surface area contributed by atoms with E-state index in [2.05, 4.69) is 25.6 Å². The molecule has 7 N–H and O–H groups in total. The second-order valence-electron chi connectivity index (χ2n) is 5.84. The van der Waals surface area contributed by atoms with Crippen LogP contribution in [0.5, 0.6) is 0 Å². The Hall–Kier alpha value is -4.31. The number of hydrogen-bond acceptors (Lipinski definition) is 8. The van der Waals surface area contributed by atoms with Gasteiger partial charge in [-0.1, -0.05) is 0 Å². The van der Waals surface area contributed by atoms with Crippen LogP contribution in [-0.2, 0) is 0 Å². The van der Waals surface area contributed by atoms with E-state index >= 15 is 0 Å². The Morgan fingerprint density at radius 1 is 1.26 bits per heavy atom. The Kier molecular flexibility index (Phi) is 3.53. The van der Waals surface area contributed by atoms with E-state index in [0.29, 0.717) is 22.0 Å². The molecule has 0 amide bonds. The Labute approximate surface area is 152 Å². The van der Waals surface area contributed by atoms with Crippen LogP contribution in [0.3, 0.4) is 0 Å². The average molecular weight is 361 g/mol. The number of aromatic amines is 1. The molecule has 27 heavy (non-hydrogen) atoms. The quantitative estimate of drug-likeness (QED) is 0.325. The molecule has 2 aromatic heterocycles. The van der Waals surface area contributed by atoms with Crippen molar-refractivity contribution in [2.75, 3.05) is 16.8 Å². The van der Waals surface area contributed by atoms with E-state index in [1.54, 1.807) is 18.5 Å². The van der Waals surface area contributed by atoms with Gasteiger partial charge in [0, 0.05) is 22.7 Å². The van der Waals surface area contributed by atoms with Gasteiger partial charge in [0.2, 0.25) is 5.96 Å². The molecule has 3 aromatic rings. The van der Waals surface area contributed by atoms with Crippen LogP contribution >= 0.6 is 0 Å². The second-order valence-corrected chi connectivity index (χ2v) is 5.84. The van der Waals surface area contributed by atoms with E-state index < -0.39 is 11.9 Å². The van der Waals surface area contributed by atoms with Crippen LogP contribution in [0.1, 0.15) is 22.7 Å². The van der Waals surface area contributed by atoms with Crippen molar-refractivity contribution in [3.63, 3.8) is 0 Å². The van der Waals surface area contributed by atoms with Crippen LogP contribution in [0.15, 0.2) is 29.4 Å². The van der Waals surface area contributed by atoms with E-state index in [1.807, 2.05) is 6.07 Å². The zero-order valence-corrected chi connectivity index (χ0v) is 13.7. The molecule has 1 unspecified atom stereocenters. The summed E-state index contributed by atoms with van der Waals surface area (Å²) in [6.45, 7) is 0. The number of hydrogen-bond donors (Lipinski definition) is 5. The molecule has 0 saturated carbocycles. The number of nitrogen functional groups attached to an aromatic ring is 2. The molecule has 132 valence electrons. The highest BCUT2D eigenvalue weighted by molar-refractivity contribution is 5.99. The smallest absolute Gasteiger partial charge is 0.211 e. The summed E-state index contributed by atoms with van der Waals surface area (Å²) in [7, 11) is 0. The maximum Gasteiger partial charge on any atom is 0.211 e. The Balaban J connectivity index is 2.04. The molecular formula is C17H12FN9. The summed E-state index contributed by atoms with van der Waals surface area (Å²) >= 11 is 0. The van der Waals surface area contributed by atoms with Gasteiger partial charge in [0.1, 0.15) is 35.1 Å². The maximum atomic E-state index is 14.2. The Bertz CT molecular complexity index is 1200. The number of halogens is 1. The van der Waals surface area contributed by atoms with Crippen molar-refractivity contribution in [2.45, 2.75) is 6.04 Å². The number of fused-ring (bicyclic) bond motifs is 2. The molecule has 1 aliphatic heterocycles. The molecule has 0 bridgehead atoms. The highest BCUT2D eigenvalue weighted by Gasteiger charge is 2.31. The van der Waals surface area contributed by atoms with E-state index in [-0.39, 0.29) is 28.8 Å². The van der Waals surface area contributed by atoms with Crippen molar-refractivity contribution < 1.29 is 4.39 Å². The van der Waals surface area contributed by atoms with Gasteiger partial charge in [0.25, 0.3) is 0 Å². The number of anilines is 3. The molecule has 0 saturated heterocycles. The summed E-state index contributed by atoms with van der Waals surface area (Å²) in [5.74, 6) is -0.159. The largest absolute Gasteiger partial charge is 0.397 e. The number of pyridine rings is 1. The first-order valence-corrected chi connectivity index (χ1v) is 7.79. The molecular weight excluding hydrogens is 349 g/mol. The highest BCUT2D eigenvalue weighted by Crippen LogP contribution is 2.42. The molecule has 0 radical (unpaired) electrons. The molecule has 3 heterocycles. The number of H-pyrrole nitrogens is 1. The van der Waals surface area contributed by atoms with E-state index in [1.165, 1.54) is 12.1 Å². The fourth-order valence-corrected chi connectivity index (χ4v) is 3.18. The van der Waals surface area contributed by atoms with Crippen molar-refractivity contribution in [3.8, 4) is 12.3 Å². The summed E-state index contributed by atoms with van der Waals surface area (Å²) in [5, 5.41) is 24.2. The van der Waals surface area contributed by atoms with Gasteiger partial charge in [-0.3, -0.25) is 5.32 Å². The molecule has 0 aliphatic carbocycles. The number of benzene rings is 1. The Morgan fingerprint density at radius 3 is 2.81 bits per heavy atom. The molecule has 9 nitrogen and oxygen atoms in total. The van der Waals surface area contributed by atoms with Crippen molar-refractivity contribution in [1.29, 1.82) is 10.5 Å². The second kappa shape index (κ2) is 5.89. The van der Waals surface area contributed by atoms with Crippen LogP contribution in [0.2, 0.25) is 0 Å². The van der Waals surface area contributed by atoms with Crippen LogP contribution in [0, 0.1) is 28.6 Å². The zero-order valence-electron chi connectivity index (χ0n) is 13.7. The van der Waals surface area contributed by atoms with Crippen LogP contribution in [0.25, 0.3) is 10.9 Å². The highest BCUT2D eigenvalue weighted by atomic mass is 19.1. The summed E-state index contributed by atoms with van der Waals surface area (Å²) < 4.78 is 14.2. The molecule has 0 spiro atoms. The maximum absolute atomic E-state index is 14.2. The number of nitrogens with two attached hydrogens (primary N) is 2. The topological polar surface area (TPSA) is 165 Å². The summed E-state index contributed by atoms with van der Waals surface area (Å²) in [6.07, 6.45) is 3.45. The van der Waals surface area contributed by atoms with Crippen LogP contribution in [-0.4, -0.2) is 15.9 Å². The van der Waals surface area contributed by atoms with Crippen molar-refractivity contribution in [1.82, 2.24) is 15.3 Å². The lowest BCUT2D eigenvalue weighted by atomic mass is 9.93. The first-order valence-electron chi connectivity index (χ1n) is 7.79. The molecule has 0 fully saturated rings. The third-order valence-corrected chi connectivity index (χ3v) is 4.31. The Morgan fingerprint density at radius 2 is 2.07 bits per heavy atom. The van der Waals surface area contributed by atoms with Gasteiger partial charge < -0.3 is 21.8 Å². The SMILES string of the molecule is N#CNC1=NC(c2cc(F)cc3cc[nH]c23)c2c(nc(N)c(C#N)c2N)N1. The lowest BCUT2D eigenvalue weighted by molar-refractivity contribution is 0.626. The van der Waals surface area contributed by atoms with Gasteiger partial charge in [0.15, 0.2) is 6.19 Å². The van der Waals surface area contributed by atoms with Crippen molar-refractivity contribution in [3.05, 3.63) is 46.9 Å². The number of nitrogens with zero attached hydrogens (tertiary/aromatic N) is 4. The number of rotatable bonds is 1. The standard InChI is InChI=1S/C17H12FN9/c18-8-3-7-1-2-23-13(7)9(4-8)14-11-12(21)10(5-19)15(22)26-16(11)27-17(25-14)24-6-20/h1-4,14,23H,(H6,21,22,24,25,26,27). The average Bonchev–Trinajstić information content (AvgIpc) is 3.09. The molecule has 1 atom stereocenters. The zero-order chi connectivity index (χ0) is 19.1. The predicted molar refractivity (Wildman–Crippen MR) is 97.7 cm³/mol. The van der Waals surface area contributed by atoms with E-state index in [0.717, 1.165) is 0 Å². The number of aliphatic imine (C=N–C) groups is 1. The third kappa shape index (κ3) is 2.44. The van der Waals surface area contributed by atoms with E-state index in [4.69, 9.17) is 16.7 Å². The van der Waals surface area contributed by atoms with Crippen molar-refractivity contribution in [2.24, 2.45) is 4.99 Å². The minimum Gasteiger partial charge on any atom is -0.397 e. The lowest BCUT2D eigenvalue weighted by Gasteiger charge is -2.26. The molecule has 1 aliphatic rings. The summed E-state index contributed by atoms with van der Waals surface area (Å²) in [6, 6.07) is 5.56. The minimum absolute atomic E-state index is 0.0200. The number of nitrogens with one attached hydrogen (secondary N) is 3. The predicted octanol–water partition coefficient (Wildman–Crippen LogP) is 1.68. The van der Waals surface area contributed by atoms with Gasteiger partial charge in [0.05, 0.1) is 11.2 Å². The van der Waals surface area contributed by atoms with Gasteiger partial charge >= 0.3 is 0 Å². The number of aromatic nitrogens is 2. The normalized spacial score (nSPS) is 15.2. The minimum atomic E-state index is -0.811. The van der Waals surface area contributed by atoms with Gasteiger partial charge in [-0.15, -0.1) is 0 Å². The third-order valence-electron chi connectivity index (χ3n) is 4.31. The van der Waals surface area contributed by atoms with Gasteiger partial charge in [-0.05, 0) is 18.2 Å². The number of nitriles is 2. The first kappa shape index (κ1) is 16.2. The monoisotopic (exact) mass is 361 g/mol. The van der Waals surface area contributed by atoms with E-state index in [9.17, 15) is 9.65 Å². The fraction of sp³-hybridized carbons (Fsp3) is 0.0588. The van der Waals surface area contributed by atoms with Crippen molar-refractivity contribution >= 4 is 34.2 Å². The molecule has 1 aromatic carbocycles. The summed E-state index contributed by atoms with van der Waals surface area (Å²) in [4.78, 5) is 11.7. The van der Waals surface area contributed by atoms with Crippen LogP contribution in [0.4, 0.5) is 21.7 Å². The van der Waals surface area contributed by atoms with Gasteiger partial charge in [-0.2, -0.15) is 10.5 Å².